The number of carbonyl (C=O) groups is 1. The first-order chi connectivity index (χ1) is 7.02. The van der Waals surface area contributed by atoms with Crippen molar-refractivity contribution in [2.24, 2.45) is 5.41 Å². The van der Waals surface area contributed by atoms with Crippen molar-refractivity contribution in [2.45, 2.75) is 20.3 Å². The Kier molecular flexibility index (Phi) is 3.25. The Labute approximate surface area is 87.8 Å². The number of esters is 1. The fourth-order valence-electron chi connectivity index (χ4n) is 1.33. The van der Waals surface area contributed by atoms with Crippen LogP contribution in [-0.2, 0) is 9.53 Å². The molecule has 80 valence electrons. The lowest BCUT2D eigenvalue weighted by atomic mass is 9.81. The minimum Gasteiger partial charge on any atom is -0.463 e. The zero-order chi connectivity index (χ0) is 11.5. The van der Waals surface area contributed by atoms with Gasteiger partial charge in [0.1, 0.15) is 5.83 Å². The van der Waals surface area contributed by atoms with Gasteiger partial charge in [-0.15, -0.1) is 0 Å². The number of hydrogen-bond donors (Lipinski definition) is 0. The molecule has 0 amide bonds. The van der Waals surface area contributed by atoms with Gasteiger partial charge in [-0.2, -0.15) is 5.26 Å². The summed E-state index contributed by atoms with van der Waals surface area (Å²) in [5, 5.41) is 8.87. The molecule has 15 heavy (non-hydrogen) atoms. The molecule has 0 N–H and O–H groups in total. The molecule has 1 rings (SSSR count). The summed E-state index contributed by atoms with van der Waals surface area (Å²) in [4.78, 5) is 11.3. The second kappa shape index (κ2) is 4.26. The van der Waals surface area contributed by atoms with E-state index in [0.29, 0.717) is 0 Å². The maximum atomic E-state index is 13.3. The molecule has 1 aliphatic carbocycles. The van der Waals surface area contributed by atoms with Crippen LogP contribution in [0.3, 0.4) is 0 Å². The molecule has 0 saturated heterocycles. The smallest absolute Gasteiger partial charge is 0.337 e. The molecule has 0 fully saturated rings. The molecule has 1 unspecified atom stereocenters. The third kappa shape index (κ3) is 2.44. The summed E-state index contributed by atoms with van der Waals surface area (Å²) >= 11 is 0. The molecule has 0 spiro atoms. The zero-order valence-corrected chi connectivity index (χ0v) is 8.71. The predicted molar refractivity (Wildman–Crippen MR) is 52.2 cm³/mol. The molecular weight excluding hydrogens is 197 g/mol. The standard InChI is InChI=1S/C11H12FNO2/c1-3-15-10(14)8-6-11(2,7-13)5-4-9(8)12/h4-5H,3,6H2,1-2H3. The molecule has 0 bridgehead atoms. The summed E-state index contributed by atoms with van der Waals surface area (Å²) in [6.45, 7) is 3.50. The molecular formula is C11H12FNO2. The molecule has 0 saturated carbocycles. The van der Waals surface area contributed by atoms with Crippen molar-refractivity contribution in [1.29, 1.82) is 5.26 Å². The van der Waals surface area contributed by atoms with Crippen LogP contribution in [0.25, 0.3) is 0 Å². The van der Waals surface area contributed by atoms with Gasteiger partial charge in [-0.3, -0.25) is 0 Å². The van der Waals surface area contributed by atoms with Gasteiger partial charge in [0.25, 0.3) is 0 Å². The number of nitriles is 1. The third-order valence-electron chi connectivity index (χ3n) is 2.21. The van der Waals surface area contributed by atoms with Gasteiger partial charge in [0.15, 0.2) is 0 Å². The van der Waals surface area contributed by atoms with Crippen molar-refractivity contribution in [3.05, 3.63) is 23.6 Å². The fraction of sp³-hybridized carbons (Fsp3) is 0.455. The molecule has 0 aromatic carbocycles. The molecule has 0 aromatic rings. The molecule has 0 aliphatic heterocycles. The Morgan fingerprint density at radius 1 is 1.80 bits per heavy atom. The highest BCUT2D eigenvalue weighted by Crippen LogP contribution is 2.34. The van der Waals surface area contributed by atoms with E-state index >= 15 is 0 Å². The van der Waals surface area contributed by atoms with Crippen LogP contribution < -0.4 is 0 Å². The zero-order valence-electron chi connectivity index (χ0n) is 8.71. The fourth-order valence-corrected chi connectivity index (χ4v) is 1.33. The summed E-state index contributed by atoms with van der Waals surface area (Å²) in [5.41, 5.74) is -0.874. The van der Waals surface area contributed by atoms with Crippen molar-refractivity contribution < 1.29 is 13.9 Å². The van der Waals surface area contributed by atoms with Gasteiger partial charge in [-0.05, 0) is 19.9 Å². The van der Waals surface area contributed by atoms with Crippen LogP contribution in [0.4, 0.5) is 4.39 Å². The first-order valence-electron chi connectivity index (χ1n) is 4.68. The van der Waals surface area contributed by atoms with Crippen molar-refractivity contribution in [3.8, 4) is 6.07 Å². The molecule has 0 aromatic heterocycles. The predicted octanol–water partition coefficient (Wildman–Crippen LogP) is 2.26. The summed E-state index contributed by atoms with van der Waals surface area (Å²) in [6.07, 6.45) is 2.68. The van der Waals surface area contributed by atoms with Gasteiger partial charge in [0, 0.05) is 6.42 Å². The minimum absolute atomic E-state index is 0.0524. The summed E-state index contributed by atoms with van der Waals surface area (Å²) < 4.78 is 18.0. The van der Waals surface area contributed by atoms with Crippen molar-refractivity contribution in [1.82, 2.24) is 0 Å². The Morgan fingerprint density at radius 2 is 2.47 bits per heavy atom. The van der Waals surface area contributed by atoms with Crippen LogP contribution in [-0.4, -0.2) is 12.6 Å². The minimum atomic E-state index is -0.822. The van der Waals surface area contributed by atoms with Gasteiger partial charge < -0.3 is 4.74 Å². The number of halogens is 1. The van der Waals surface area contributed by atoms with Crippen molar-refractivity contribution in [2.75, 3.05) is 6.61 Å². The van der Waals surface area contributed by atoms with Gasteiger partial charge in [0.05, 0.1) is 23.7 Å². The normalized spacial score (nSPS) is 24.9. The van der Waals surface area contributed by atoms with E-state index in [1.54, 1.807) is 13.8 Å². The van der Waals surface area contributed by atoms with E-state index in [4.69, 9.17) is 10.00 Å². The first kappa shape index (κ1) is 11.4. The number of carbonyl (C=O) groups excluding carboxylic acids is 1. The van der Waals surface area contributed by atoms with E-state index in [1.807, 2.05) is 6.07 Å². The first-order valence-corrected chi connectivity index (χ1v) is 4.68. The lowest BCUT2D eigenvalue weighted by Gasteiger charge is -2.21. The number of rotatable bonds is 2. The number of allylic oxidation sites excluding steroid dienone is 3. The maximum absolute atomic E-state index is 13.3. The summed E-state index contributed by atoms with van der Waals surface area (Å²) in [6, 6.07) is 2.03. The van der Waals surface area contributed by atoms with Crippen LogP contribution in [0.15, 0.2) is 23.6 Å². The number of hydrogen-bond acceptors (Lipinski definition) is 3. The van der Waals surface area contributed by atoms with E-state index < -0.39 is 17.2 Å². The quantitative estimate of drug-likeness (QED) is 0.655. The van der Waals surface area contributed by atoms with Gasteiger partial charge >= 0.3 is 5.97 Å². The molecule has 3 nitrogen and oxygen atoms in total. The van der Waals surface area contributed by atoms with Crippen LogP contribution in [0, 0.1) is 16.7 Å². The van der Waals surface area contributed by atoms with Gasteiger partial charge in [-0.1, -0.05) is 6.08 Å². The van der Waals surface area contributed by atoms with Crippen LogP contribution in [0.5, 0.6) is 0 Å². The van der Waals surface area contributed by atoms with E-state index in [9.17, 15) is 9.18 Å². The number of ether oxygens (including phenoxy) is 1. The van der Waals surface area contributed by atoms with Crippen molar-refractivity contribution >= 4 is 5.97 Å². The second-order valence-electron chi connectivity index (χ2n) is 3.59. The highest BCUT2D eigenvalue weighted by atomic mass is 19.1. The third-order valence-corrected chi connectivity index (χ3v) is 2.21. The van der Waals surface area contributed by atoms with E-state index in [-0.39, 0.29) is 18.6 Å². The summed E-state index contributed by atoms with van der Waals surface area (Å²) in [7, 11) is 0. The maximum Gasteiger partial charge on any atom is 0.337 e. The van der Waals surface area contributed by atoms with Gasteiger partial charge in [0.2, 0.25) is 0 Å². The van der Waals surface area contributed by atoms with Crippen molar-refractivity contribution in [3.63, 3.8) is 0 Å². The molecule has 1 aliphatic rings. The molecule has 1 atom stereocenters. The average molecular weight is 209 g/mol. The van der Waals surface area contributed by atoms with E-state index in [2.05, 4.69) is 0 Å². The summed E-state index contributed by atoms with van der Waals surface area (Å²) in [5.74, 6) is -1.29. The van der Waals surface area contributed by atoms with E-state index in [0.717, 1.165) is 6.08 Å². The largest absolute Gasteiger partial charge is 0.463 e. The Bertz CT molecular complexity index is 379. The molecule has 0 heterocycles. The second-order valence-corrected chi connectivity index (χ2v) is 3.59. The Balaban J connectivity index is 2.94. The van der Waals surface area contributed by atoms with Crippen LogP contribution in [0.1, 0.15) is 20.3 Å². The van der Waals surface area contributed by atoms with Crippen LogP contribution in [0.2, 0.25) is 0 Å². The lowest BCUT2D eigenvalue weighted by Crippen LogP contribution is -2.20. The highest BCUT2D eigenvalue weighted by molar-refractivity contribution is 5.90. The van der Waals surface area contributed by atoms with Crippen LogP contribution >= 0.6 is 0 Å². The average Bonchev–Trinajstić information content (AvgIpc) is 2.22. The lowest BCUT2D eigenvalue weighted by molar-refractivity contribution is -0.139. The van der Waals surface area contributed by atoms with Gasteiger partial charge in [-0.25, -0.2) is 9.18 Å². The Morgan fingerprint density at radius 3 is 3.00 bits per heavy atom. The molecule has 4 heteroatoms. The Hall–Kier alpha value is -1.63. The highest BCUT2D eigenvalue weighted by Gasteiger charge is 2.31. The topological polar surface area (TPSA) is 50.1 Å². The number of nitrogens with zero attached hydrogens (tertiary/aromatic N) is 1. The molecule has 0 radical (unpaired) electrons. The SMILES string of the molecule is CCOC(=O)C1=C(F)C=CC(C)(C#N)C1. The monoisotopic (exact) mass is 209 g/mol. The van der Waals surface area contributed by atoms with E-state index in [1.165, 1.54) is 6.08 Å².